The predicted molar refractivity (Wildman–Crippen MR) is 111 cm³/mol. The first-order chi connectivity index (χ1) is 14.5. The van der Waals surface area contributed by atoms with Gasteiger partial charge in [0.15, 0.2) is 5.82 Å². The number of nitriles is 1. The van der Waals surface area contributed by atoms with Crippen LogP contribution in [0.5, 0.6) is 5.88 Å². The Kier molecular flexibility index (Phi) is 7.14. The third kappa shape index (κ3) is 5.02. The van der Waals surface area contributed by atoms with Gasteiger partial charge in [0.25, 0.3) is 0 Å². The Labute approximate surface area is 175 Å². The highest BCUT2D eigenvalue weighted by Crippen LogP contribution is 2.20. The summed E-state index contributed by atoms with van der Waals surface area (Å²) < 4.78 is 18.4. The maximum Gasteiger partial charge on any atom is 0.244 e. The first-order valence-electron chi connectivity index (χ1n) is 9.82. The van der Waals surface area contributed by atoms with E-state index in [1.165, 1.54) is 12.1 Å². The minimum atomic E-state index is -0.368. The normalized spacial score (nSPS) is 15.3. The van der Waals surface area contributed by atoms with E-state index in [0.717, 1.165) is 5.82 Å². The zero-order valence-electron chi connectivity index (χ0n) is 17.2. The largest absolute Gasteiger partial charge is 0.480 e. The van der Waals surface area contributed by atoms with Gasteiger partial charge in [0.05, 0.1) is 38.0 Å². The van der Waals surface area contributed by atoms with Crippen molar-refractivity contribution in [3.8, 4) is 11.9 Å². The molecule has 2 heterocycles. The summed E-state index contributed by atoms with van der Waals surface area (Å²) in [4.78, 5) is 27.5. The summed E-state index contributed by atoms with van der Waals surface area (Å²) in [6.07, 6.45) is 3.47. The van der Waals surface area contributed by atoms with E-state index in [9.17, 15) is 9.18 Å². The Bertz CT molecular complexity index is 893. The fraction of sp³-hybridized carbons (Fsp3) is 0.429. The van der Waals surface area contributed by atoms with Gasteiger partial charge in [0.1, 0.15) is 5.82 Å². The van der Waals surface area contributed by atoms with Crippen molar-refractivity contribution in [3.05, 3.63) is 42.5 Å². The number of halogens is 1. The van der Waals surface area contributed by atoms with E-state index in [4.69, 9.17) is 10.00 Å². The minimum Gasteiger partial charge on any atom is -0.480 e. The van der Waals surface area contributed by atoms with E-state index in [-0.39, 0.29) is 30.7 Å². The molecule has 0 aliphatic carbocycles. The molecule has 0 radical (unpaired) electrons. The van der Waals surface area contributed by atoms with Crippen molar-refractivity contribution in [2.24, 2.45) is 0 Å². The molecular weight excluding hydrogens is 387 g/mol. The molecule has 158 valence electrons. The Morgan fingerprint density at radius 1 is 1.27 bits per heavy atom. The average Bonchev–Trinajstić information content (AvgIpc) is 2.80. The van der Waals surface area contributed by atoms with Gasteiger partial charge < -0.3 is 14.5 Å². The first-order valence-corrected chi connectivity index (χ1v) is 9.82. The number of anilines is 2. The Morgan fingerprint density at radius 2 is 1.97 bits per heavy atom. The highest BCUT2D eigenvalue weighted by atomic mass is 19.1. The second kappa shape index (κ2) is 9.98. The van der Waals surface area contributed by atoms with Crippen LogP contribution in [0.3, 0.4) is 0 Å². The van der Waals surface area contributed by atoms with Crippen molar-refractivity contribution in [3.63, 3.8) is 0 Å². The number of amides is 1. The lowest BCUT2D eigenvalue weighted by Crippen LogP contribution is -2.55. The van der Waals surface area contributed by atoms with Crippen molar-refractivity contribution in [1.82, 2.24) is 14.9 Å². The molecule has 0 spiro atoms. The lowest BCUT2D eigenvalue weighted by Gasteiger charge is -2.39. The van der Waals surface area contributed by atoms with Crippen LogP contribution >= 0.6 is 0 Å². The monoisotopic (exact) mass is 412 g/mol. The van der Waals surface area contributed by atoms with Gasteiger partial charge >= 0.3 is 0 Å². The maximum atomic E-state index is 13.3. The number of nitrogens with zero attached hydrogens (tertiary/aromatic N) is 6. The molecule has 9 heteroatoms. The second-order valence-corrected chi connectivity index (χ2v) is 6.99. The van der Waals surface area contributed by atoms with E-state index >= 15 is 0 Å². The molecule has 0 bridgehead atoms. The highest BCUT2D eigenvalue weighted by molar-refractivity contribution is 5.97. The topological polar surface area (TPSA) is 85.6 Å². The van der Waals surface area contributed by atoms with Gasteiger partial charge in [-0.05, 0) is 31.2 Å². The van der Waals surface area contributed by atoms with E-state index < -0.39 is 0 Å². The number of methoxy groups -OCH3 is 1. The molecule has 1 atom stereocenters. The van der Waals surface area contributed by atoms with Crippen LogP contribution in [0, 0.1) is 17.1 Å². The number of piperazine rings is 1. The number of hydrogen-bond acceptors (Lipinski definition) is 7. The van der Waals surface area contributed by atoms with E-state index in [2.05, 4.69) is 25.8 Å². The summed E-state index contributed by atoms with van der Waals surface area (Å²) in [6, 6.07) is 7.48. The summed E-state index contributed by atoms with van der Waals surface area (Å²) >= 11 is 0. The molecular formula is C21H25FN6O2. The Hall–Kier alpha value is -3.25. The molecule has 0 N–H and O–H groups in total. The molecule has 8 nitrogen and oxygen atoms in total. The van der Waals surface area contributed by atoms with Crippen molar-refractivity contribution in [2.75, 3.05) is 49.6 Å². The zero-order valence-corrected chi connectivity index (χ0v) is 17.2. The number of carbonyl (C=O) groups is 1. The van der Waals surface area contributed by atoms with Gasteiger partial charge in [-0.15, -0.1) is 0 Å². The standard InChI is InChI=1S/C21H25FN6O2/c1-16(21(29)28(9-3-8-23)18-6-4-17(22)5-7-18)26-10-12-27(13-11-26)19-14-24-15-20(25-19)30-2/h4-7,14-16H,3,9-13H2,1-2H3. The summed E-state index contributed by atoms with van der Waals surface area (Å²) in [7, 11) is 1.55. The molecule has 1 amide bonds. The molecule has 1 aliphatic rings. The molecule has 1 unspecified atom stereocenters. The molecule has 3 rings (SSSR count). The van der Waals surface area contributed by atoms with Crippen molar-refractivity contribution >= 4 is 17.4 Å². The summed E-state index contributed by atoms with van der Waals surface area (Å²) in [5.74, 6) is 0.739. The van der Waals surface area contributed by atoms with Crippen LogP contribution in [-0.2, 0) is 4.79 Å². The number of aromatic nitrogens is 2. The van der Waals surface area contributed by atoms with Gasteiger partial charge in [0, 0.05) is 38.4 Å². The van der Waals surface area contributed by atoms with Gasteiger partial charge in [-0.3, -0.25) is 14.7 Å². The Morgan fingerprint density at radius 3 is 2.60 bits per heavy atom. The number of carbonyl (C=O) groups excluding carboxylic acids is 1. The van der Waals surface area contributed by atoms with Crippen LogP contribution in [0.1, 0.15) is 13.3 Å². The number of ether oxygens (including phenoxy) is 1. The van der Waals surface area contributed by atoms with Gasteiger partial charge in [-0.1, -0.05) is 0 Å². The maximum absolute atomic E-state index is 13.3. The SMILES string of the molecule is COc1cncc(N2CCN(C(C)C(=O)N(CCC#N)c3ccc(F)cc3)CC2)n1. The van der Waals surface area contributed by atoms with Crippen molar-refractivity contribution in [2.45, 2.75) is 19.4 Å². The highest BCUT2D eigenvalue weighted by Gasteiger charge is 2.30. The smallest absolute Gasteiger partial charge is 0.244 e. The van der Waals surface area contributed by atoms with Crippen LogP contribution in [0.2, 0.25) is 0 Å². The van der Waals surface area contributed by atoms with Crippen molar-refractivity contribution in [1.29, 1.82) is 5.26 Å². The van der Waals surface area contributed by atoms with Crippen LogP contribution < -0.4 is 14.5 Å². The number of hydrogen-bond donors (Lipinski definition) is 0. The average molecular weight is 412 g/mol. The third-order valence-electron chi connectivity index (χ3n) is 5.20. The van der Waals surface area contributed by atoms with Crippen LogP contribution in [0.15, 0.2) is 36.7 Å². The zero-order chi connectivity index (χ0) is 21.5. The van der Waals surface area contributed by atoms with Crippen LogP contribution in [0.4, 0.5) is 15.9 Å². The quantitative estimate of drug-likeness (QED) is 0.688. The fourth-order valence-corrected chi connectivity index (χ4v) is 3.46. The minimum absolute atomic E-state index is 0.105. The van der Waals surface area contributed by atoms with E-state index in [1.807, 2.05) is 6.92 Å². The van der Waals surface area contributed by atoms with Gasteiger partial charge in [-0.2, -0.15) is 10.2 Å². The summed E-state index contributed by atoms with van der Waals surface area (Å²) in [5, 5.41) is 8.97. The van der Waals surface area contributed by atoms with Crippen LogP contribution in [-0.4, -0.2) is 66.7 Å². The molecule has 1 aliphatic heterocycles. The molecule has 30 heavy (non-hydrogen) atoms. The van der Waals surface area contributed by atoms with Crippen LogP contribution in [0.25, 0.3) is 0 Å². The Balaban J connectivity index is 1.66. The van der Waals surface area contributed by atoms with E-state index in [1.54, 1.807) is 36.5 Å². The number of benzene rings is 1. The summed E-state index contributed by atoms with van der Waals surface area (Å²) in [6.45, 7) is 4.90. The third-order valence-corrected chi connectivity index (χ3v) is 5.20. The molecule has 1 aromatic heterocycles. The fourth-order valence-electron chi connectivity index (χ4n) is 3.46. The first kappa shape index (κ1) is 21.5. The molecule has 1 aromatic carbocycles. The van der Waals surface area contributed by atoms with Gasteiger partial charge in [-0.25, -0.2) is 4.39 Å². The lowest BCUT2D eigenvalue weighted by atomic mass is 10.1. The second-order valence-electron chi connectivity index (χ2n) is 6.99. The molecule has 0 saturated carbocycles. The summed E-state index contributed by atoms with van der Waals surface area (Å²) in [5.41, 5.74) is 0.591. The number of rotatable bonds is 7. The molecule has 1 saturated heterocycles. The van der Waals surface area contributed by atoms with E-state index in [0.29, 0.717) is 37.7 Å². The molecule has 1 fully saturated rings. The predicted octanol–water partition coefficient (Wildman–Crippen LogP) is 2.08. The lowest BCUT2D eigenvalue weighted by molar-refractivity contribution is -0.123. The van der Waals surface area contributed by atoms with Gasteiger partial charge in [0.2, 0.25) is 11.8 Å². The van der Waals surface area contributed by atoms with Crippen molar-refractivity contribution < 1.29 is 13.9 Å². The molecule has 2 aromatic rings.